The zero-order valence-corrected chi connectivity index (χ0v) is 14.8. The summed E-state index contributed by atoms with van der Waals surface area (Å²) in [5.41, 5.74) is 0.875. The minimum absolute atomic E-state index is 0.218. The summed E-state index contributed by atoms with van der Waals surface area (Å²) >= 11 is 0. The maximum absolute atomic E-state index is 12.8. The number of hydrogen-bond donors (Lipinski definition) is 1. The Labute approximate surface area is 149 Å². The highest BCUT2D eigenvalue weighted by Crippen LogP contribution is 2.41. The smallest absolute Gasteiger partial charge is 0.222 e. The van der Waals surface area contributed by atoms with Crippen LogP contribution in [0, 0.1) is 11.8 Å². The molecule has 6 nitrogen and oxygen atoms in total. The summed E-state index contributed by atoms with van der Waals surface area (Å²) in [6, 6.07) is 0.787. The number of carbonyl (C=O) groups is 1. The van der Waals surface area contributed by atoms with E-state index >= 15 is 0 Å². The van der Waals surface area contributed by atoms with Gasteiger partial charge in [0.2, 0.25) is 5.91 Å². The summed E-state index contributed by atoms with van der Waals surface area (Å²) in [5, 5.41) is 9.96. The van der Waals surface area contributed by atoms with E-state index in [1.165, 1.54) is 25.7 Å². The summed E-state index contributed by atoms with van der Waals surface area (Å²) in [6.07, 6.45) is 11.1. The first-order chi connectivity index (χ1) is 12.3. The number of rotatable bonds is 4. The fraction of sp³-hybridized carbons (Fsp3) is 0.737. The third-order valence-electron chi connectivity index (χ3n) is 6.37. The molecule has 3 fully saturated rings. The van der Waals surface area contributed by atoms with Gasteiger partial charge in [-0.1, -0.05) is 6.42 Å². The average Bonchev–Trinajstić information content (AvgIpc) is 2.67. The number of hydrogen-bond acceptors (Lipinski definition) is 5. The quantitative estimate of drug-likeness (QED) is 0.886. The molecule has 1 aromatic heterocycles. The van der Waals surface area contributed by atoms with Gasteiger partial charge in [-0.2, -0.15) is 0 Å². The number of piperidine rings is 3. The van der Waals surface area contributed by atoms with Crippen molar-refractivity contribution in [1.29, 1.82) is 0 Å². The van der Waals surface area contributed by atoms with Crippen LogP contribution in [0.15, 0.2) is 18.6 Å². The lowest BCUT2D eigenvalue weighted by molar-refractivity contribution is -0.142. The van der Waals surface area contributed by atoms with Crippen LogP contribution in [-0.2, 0) is 11.2 Å². The Morgan fingerprint density at radius 1 is 1.24 bits per heavy atom. The van der Waals surface area contributed by atoms with Crippen molar-refractivity contribution in [1.82, 2.24) is 19.8 Å². The van der Waals surface area contributed by atoms with E-state index in [4.69, 9.17) is 0 Å². The Morgan fingerprint density at radius 3 is 2.92 bits per heavy atom. The summed E-state index contributed by atoms with van der Waals surface area (Å²) < 4.78 is 0. The third-order valence-corrected chi connectivity index (χ3v) is 6.37. The molecule has 3 saturated heterocycles. The topological polar surface area (TPSA) is 69.6 Å². The van der Waals surface area contributed by atoms with Crippen LogP contribution in [0.5, 0.6) is 0 Å². The first-order valence-corrected chi connectivity index (χ1v) is 9.65. The number of nitrogens with zero attached hydrogens (tertiary/aromatic N) is 4. The summed E-state index contributed by atoms with van der Waals surface area (Å²) in [7, 11) is 0. The molecule has 4 atom stereocenters. The number of fused-ring (bicyclic) bond motifs is 4. The van der Waals surface area contributed by atoms with Crippen molar-refractivity contribution in [2.45, 2.75) is 50.6 Å². The Balaban J connectivity index is 1.42. The molecule has 0 saturated carbocycles. The van der Waals surface area contributed by atoms with Gasteiger partial charge in [0.25, 0.3) is 0 Å². The van der Waals surface area contributed by atoms with Crippen molar-refractivity contribution >= 4 is 5.91 Å². The van der Waals surface area contributed by atoms with Gasteiger partial charge in [-0.3, -0.25) is 19.7 Å². The van der Waals surface area contributed by atoms with E-state index in [1.807, 2.05) is 0 Å². The maximum atomic E-state index is 12.8. The second-order valence-corrected chi connectivity index (χ2v) is 7.80. The molecular formula is C19H28N4O2. The second kappa shape index (κ2) is 7.38. The SMILES string of the molecule is O=C(CCc1cnccn1)N1C[C@H]2C[C@@H](C1)[C@H](CO)N1CCCC[C@@H]21. The highest BCUT2D eigenvalue weighted by molar-refractivity contribution is 5.76. The molecule has 4 rings (SSSR count). The van der Waals surface area contributed by atoms with Crippen molar-refractivity contribution in [3.8, 4) is 0 Å². The van der Waals surface area contributed by atoms with Crippen LogP contribution >= 0.6 is 0 Å². The number of aliphatic hydroxyl groups is 1. The highest BCUT2D eigenvalue weighted by atomic mass is 16.3. The predicted octanol–water partition coefficient (Wildman–Crippen LogP) is 1.10. The van der Waals surface area contributed by atoms with Crippen molar-refractivity contribution in [3.05, 3.63) is 24.3 Å². The largest absolute Gasteiger partial charge is 0.395 e. The van der Waals surface area contributed by atoms with Gasteiger partial charge in [-0.25, -0.2) is 0 Å². The standard InChI is InChI=1S/C19H28N4O2/c24-13-18-15-9-14(17-3-1-2-8-23(17)18)11-22(12-15)19(25)5-4-16-10-20-6-7-21-16/h6-7,10,14-15,17-18,24H,1-5,8-9,11-13H2/t14-,15+,17+,18+/m1/s1. The molecule has 0 spiro atoms. The van der Waals surface area contributed by atoms with Crippen LogP contribution in [0.3, 0.4) is 0 Å². The van der Waals surface area contributed by atoms with E-state index in [-0.39, 0.29) is 18.6 Å². The second-order valence-electron chi connectivity index (χ2n) is 7.80. The van der Waals surface area contributed by atoms with Crippen LogP contribution in [0.25, 0.3) is 0 Å². The van der Waals surface area contributed by atoms with Crippen LogP contribution in [0.1, 0.15) is 37.8 Å². The Kier molecular flexibility index (Phi) is 4.99. The first kappa shape index (κ1) is 16.9. The number of aromatic nitrogens is 2. The Morgan fingerprint density at radius 2 is 2.12 bits per heavy atom. The molecule has 136 valence electrons. The molecule has 6 heteroatoms. The van der Waals surface area contributed by atoms with Gasteiger partial charge in [-0.05, 0) is 44.1 Å². The van der Waals surface area contributed by atoms with Crippen molar-refractivity contribution in [2.24, 2.45) is 11.8 Å². The van der Waals surface area contributed by atoms with Gasteiger partial charge in [-0.15, -0.1) is 0 Å². The van der Waals surface area contributed by atoms with E-state index < -0.39 is 0 Å². The molecule has 0 aliphatic carbocycles. The normalized spacial score (nSPS) is 32.3. The minimum atomic E-state index is 0.218. The molecule has 0 unspecified atom stereocenters. The van der Waals surface area contributed by atoms with E-state index in [0.29, 0.717) is 30.7 Å². The molecule has 3 aliphatic rings. The van der Waals surface area contributed by atoms with Gasteiger partial charge in [0.1, 0.15) is 0 Å². The summed E-state index contributed by atoms with van der Waals surface area (Å²) in [6.45, 7) is 3.01. The van der Waals surface area contributed by atoms with Crippen LogP contribution in [0.2, 0.25) is 0 Å². The number of likely N-dealkylation sites (tertiary alicyclic amines) is 1. The number of aryl methyl sites for hydroxylation is 1. The Bertz CT molecular complexity index is 582. The lowest BCUT2D eigenvalue weighted by Crippen LogP contribution is -2.65. The van der Waals surface area contributed by atoms with Crippen molar-refractivity contribution < 1.29 is 9.90 Å². The molecule has 2 bridgehead atoms. The van der Waals surface area contributed by atoms with E-state index in [9.17, 15) is 9.90 Å². The van der Waals surface area contributed by atoms with Crippen LogP contribution in [0.4, 0.5) is 0 Å². The zero-order valence-electron chi connectivity index (χ0n) is 14.8. The van der Waals surface area contributed by atoms with Gasteiger partial charge in [0.05, 0.1) is 12.3 Å². The lowest BCUT2D eigenvalue weighted by Gasteiger charge is -2.56. The highest BCUT2D eigenvalue weighted by Gasteiger charge is 2.47. The predicted molar refractivity (Wildman–Crippen MR) is 93.7 cm³/mol. The van der Waals surface area contributed by atoms with Gasteiger partial charge >= 0.3 is 0 Å². The number of aliphatic hydroxyl groups excluding tert-OH is 1. The molecule has 1 amide bonds. The molecule has 1 N–H and O–H groups in total. The van der Waals surface area contributed by atoms with Gasteiger partial charge < -0.3 is 10.0 Å². The first-order valence-electron chi connectivity index (χ1n) is 9.65. The van der Waals surface area contributed by atoms with E-state index in [0.717, 1.165) is 25.3 Å². The fourth-order valence-corrected chi connectivity index (χ4v) is 5.21. The molecule has 0 radical (unpaired) electrons. The molecule has 0 aromatic carbocycles. The summed E-state index contributed by atoms with van der Waals surface area (Å²) in [5.74, 6) is 1.21. The Hall–Kier alpha value is -1.53. The minimum Gasteiger partial charge on any atom is -0.395 e. The molecular weight excluding hydrogens is 316 g/mol. The zero-order chi connectivity index (χ0) is 17.2. The molecule has 4 heterocycles. The molecule has 1 aromatic rings. The van der Waals surface area contributed by atoms with Gasteiger partial charge in [0, 0.05) is 50.2 Å². The van der Waals surface area contributed by atoms with Crippen molar-refractivity contribution in [3.63, 3.8) is 0 Å². The van der Waals surface area contributed by atoms with Crippen molar-refractivity contribution in [2.75, 3.05) is 26.2 Å². The number of carbonyl (C=O) groups excluding carboxylic acids is 1. The fourth-order valence-electron chi connectivity index (χ4n) is 5.21. The number of amides is 1. The third kappa shape index (κ3) is 3.42. The maximum Gasteiger partial charge on any atom is 0.222 e. The van der Waals surface area contributed by atoms with E-state index in [1.54, 1.807) is 18.6 Å². The molecule has 3 aliphatic heterocycles. The molecule has 25 heavy (non-hydrogen) atoms. The van der Waals surface area contributed by atoms with Gasteiger partial charge in [0.15, 0.2) is 0 Å². The summed E-state index contributed by atoms with van der Waals surface area (Å²) in [4.78, 5) is 25.7. The van der Waals surface area contributed by atoms with Crippen LogP contribution in [-0.4, -0.2) is 69.1 Å². The lowest BCUT2D eigenvalue weighted by atomic mass is 9.72. The average molecular weight is 344 g/mol. The van der Waals surface area contributed by atoms with Crippen LogP contribution < -0.4 is 0 Å². The van der Waals surface area contributed by atoms with E-state index in [2.05, 4.69) is 19.8 Å². The monoisotopic (exact) mass is 344 g/mol.